The van der Waals surface area contributed by atoms with Crippen LogP contribution in [-0.2, 0) is 0 Å². The Morgan fingerprint density at radius 1 is 1.50 bits per heavy atom. The van der Waals surface area contributed by atoms with Crippen LogP contribution >= 0.6 is 0 Å². The number of hydrogen-bond donors (Lipinski definition) is 1. The minimum Gasteiger partial charge on any atom is -0.311 e. The van der Waals surface area contributed by atoms with E-state index < -0.39 is 0 Å². The van der Waals surface area contributed by atoms with Crippen molar-refractivity contribution < 1.29 is 0 Å². The van der Waals surface area contributed by atoms with Crippen LogP contribution in [0.4, 0.5) is 0 Å². The van der Waals surface area contributed by atoms with Crippen LogP contribution in [0.3, 0.4) is 0 Å². The second-order valence-corrected chi connectivity index (χ2v) is 3.46. The Hall–Kier alpha value is -0.560. The van der Waals surface area contributed by atoms with Crippen LogP contribution < -0.4 is 5.32 Å². The predicted molar refractivity (Wildman–Crippen MR) is 56.3 cm³/mol. The van der Waals surface area contributed by atoms with Gasteiger partial charge in [-0.1, -0.05) is 17.7 Å². The summed E-state index contributed by atoms with van der Waals surface area (Å²) >= 11 is 0. The van der Waals surface area contributed by atoms with Crippen molar-refractivity contribution in [3.63, 3.8) is 0 Å². The molecule has 0 aliphatic heterocycles. The molecule has 1 atom stereocenters. The minimum atomic E-state index is 0.596. The first-order chi connectivity index (χ1) is 5.66. The van der Waals surface area contributed by atoms with Crippen molar-refractivity contribution in [3.8, 4) is 0 Å². The first kappa shape index (κ1) is 11.4. The van der Waals surface area contributed by atoms with E-state index in [-0.39, 0.29) is 0 Å². The molecule has 1 nitrogen and oxygen atoms in total. The highest BCUT2D eigenvalue weighted by Crippen LogP contribution is 2.00. The standard InChI is InChI=1S/C11H21N/c1-5-9-12-11(4)8-6-7-10(2)3/h5,7,11-12H,1,6,8-9H2,2-4H3. The van der Waals surface area contributed by atoms with Gasteiger partial charge in [0.2, 0.25) is 0 Å². The van der Waals surface area contributed by atoms with Crippen molar-refractivity contribution in [1.82, 2.24) is 5.32 Å². The van der Waals surface area contributed by atoms with Crippen molar-refractivity contribution >= 4 is 0 Å². The maximum Gasteiger partial charge on any atom is 0.0134 e. The van der Waals surface area contributed by atoms with Gasteiger partial charge >= 0.3 is 0 Å². The van der Waals surface area contributed by atoms with Crippen LogP contribution in [0.5, 0.6) is 0 Å². The molecule has 0 aromatic rings. The monoisotopic (exact) mass is 167 g/mol. The summed E-state index contributed by atoms with van der Waals surface area (Å²) in [5.41, 5.74) is 1.41. The van der Waals surface area contributed by atoms with Crippen molar-refractivity contribution in [3.05, 3.63) is 24.3 Å². The van der Waals surface area contributed by atoms with Gasteiger partial charge in [0, 0.05) is 12.6 Å². The van der Waals surface area contributed by atoms with Crippen molar-refractivity contribution in [1.29, 1.82) is 0 Å². The van der Waals surface area contributed by atoms with Gasteiger partial charge in [0.05, 0.1) is 0 Å². The third-order valence-electron chi connectivity index (χ3n) is 1.76. The molecule has 0 aromatic heterocycles. The molecule has 70 valence electrons. The Kier molecular flexibility index (Phi) is 6.78. The number of allylic oxidation sites excluding steroid dienone is 2. The lowest BCUT2D eigenvalue weighted by Crippen LogP contribution is -2.25. The zero-order valence-corrected chi connectivity index (χ0v) is 8.56. The van der Waals surface area contributed by atoms with E-state index in [2.05, 4.69) is 38.7 Å². The Morgan fingerprint density at radius 3 is 2.67 bits per heavy atom. The topological polar surface area (TPSA) is 12.0 Å². The molecule has 0 spiro atoms. The second kappa shape index (κ2) is 7.11. The lowest BCUT2D eigenvalue weighted by Gasteiger charge is -2.10. The molecule has 0 rings (SSSR count). The van der Waals surface area contributed by atoms with Crippen LogP contribution in [0, 0.1) is 0 Å². The Morgan fingerprint density at radius 2 is 2.17 bits per heavy atom. The van der Waals surface area contributed by atoms with E-state index in [1.807, 2.05) is 6.08 Å². The lowest BCUT2D eigenvalue weighted by molar-refractivity contribution is 0.547. The van der Waals surface area contributed by atoms with Gasteiger partial charge in [-0.15, -0.1) is 6.58 Å². The molecule has 0 fully saturated rings. The molecule has 0 amide bonds. The van der Waals surface area contributed by atoms with E-state index in [1.165, 1.54) is 18.4 Å². The molecule has 0 saturated heterocycles. The fourth-order valence-electron chi connectivity index (χ4n) is 1.01. The third-order valence-corrected chi connectivity index (χ3v) is 1.76. The van der Waals surface area contributed by atoms with Gasteiger partial charge in [0.15, 0.2) is 0 Å². The van der Waals surface area contributed by atoms with Gasteiger partial charge in [-0.3, -0.25) is 0 Å². The van der Waals surface area contributed by atoms with E-state index in [9.17, 15) is 0 Å². The highest BCUT2D eigenvalue weighted by molar-refractivity contribution is 4.93. The number of nitrogens with one attached hydrogen (secondary N) is 1. The molecule has 0 aromatic carbocycles. The quantitative estimate of drug-likeness (QED) is 0.600. The Labute approximate surface area is 76.6 Å². The van der Waals surface area contributed by atoms with Gasteiger partial charge in [0.1, 0.15) is 0 Å². The Bertz CT molecular complexity index is 143. The molecule has 0 heterocycles. The first-order valence-electron chi connectivity index (χ1n) is 4.64. The molecule has 0 bridgehead atoms. The molecule has 0 saturated carbocycles. The van der Waals surface area contributed by atoms with E-state index in [0.29, 0.717) is 6.04 Å². The van der Waals surface area contributed by atoms with Crippen molar-refractivity contribution in [2.75, 3.05) is 6.54 Å². The summed E-state index contributed by atoms with van der Waals surface area (Å²) in [7, 11) is 0. The summed E-state index contributed by atoms with van der Waals surface area (Å²) in [6.07, 6.45) is 6.57. The van der Waals surface area contributed by atoms with Crippen LogP contribution in [-0.4, -0.2) is 12.6 Å². The second-order valence-electron chi connectivity index (χ2n) is 3.46. The van der Waals surface area contributed by atoms with Gasteiger partial charge in [0.25, 0.3) is 0 Å². The van der Waals surface area contributed by atoms with Crippen LogP contribution in [0.2, 0.25) is 0 Å². The molecule has 12 heavy (non-hydrogen) atoms. The summed E-state index contributed by atoms with van der Waals surface area (Å²) in [6.45, 7) is 11.1. The Balaban J connectivity index is 3.37. The van der Waals surface area contributed by atoms with Crippen molar-refractivity contribution in [2.24, 2.45) is 0 Å². The average Bonchev–Trinajstić information content (AvgIpc) is 2.00. The van der Waals surface area contributed by atoms with E-state index in [4.69, 9.17) is 0 Å². The molecule has 1 unspecified atom stereocenters. The molecular weight excluding hydrogens is 146 g/mol. The van der Waals surface area contributed by atoms with E-state index in [1.54, 1.807) is 0 Å². The van der Waals surface area contributed by atoms with Gasteiger partial charge < -0.3 is 5.32 Å². The summed E-state index contributed by atoms with van der Waals surface area (Å²) in [6, 6.07) is 0.596. The molecule has 0 aliphatic carbocycles. The maximum absolute atomic E-state index is 3.67. The van der Waals surface area contributed by atoms with Gasteiger partial charge in [-0.05, 0) is 33.6 Å². The molecule has 1 N–H and O–H groups in total. The summed E-state index contributed by atoms with van der Waals surface area (Å²) in [4.78, 5) is 0. The lowest BCUT2D eigenvalue weighted by atomic mass is 10.1. The normalized spacial score (nSPS) is 12.2. The first-order valence-corrected chi connectivity index (χ1v) is 4.64. The predicted octanol–water partition coefficient (Wildman–Crippen LogP) is 2.90. The molecule has 0 radical (unpaired) electrons. The summed E-state index contributed by atoms with van der Waals surface area (Å²) < 4.78 is 0. The van der Waals surface area contributed by atoms with E-state index in [0.717, 1.165) is 6.54 Å². The molecular formula is C11H21N. The minimum absolute atomic E-state index is 0.596. The van der Waals surface area contributed by atoms with Gasteiger partial charge in [-0.2, -0.15) is 0 Å². The average molecular weight is 167 g/mol. The van der Waals surface area contributed by atoms with Gasteiger partial charge in [-0.25, -0.2) is 0 Å². The molecule has 1 heteroatoms. The fraction of sp³-hybridized carbons (Fsp3) is 0.636. The highest BCUT2D eigenvalue weighted by Gasteiger charge is 1.96. The number of hydrogen-bond acceptors (Lipinski definition) is 1. The zero-order valence-electron chi connectivity index (χ0n) is 8.56. The third kappa shape index (κ3) is 7.55. The zero-order chi connectivity index (χ0) is 9.40. The largest absolute Gasteiger partial charge is 0.311 e. The SMILES string of the molecule is C=CCNC(C)CCC=C(C)C. The number of rotatable bonds is 6. The highest BCUT2D eigenvalue weighted by atomic mass is 14.9. The summed E-state index contributed by atoms with van der Waals surface area (Å²) in [5.74, 6) is 0. The maximum atomic E-state index is 3.67. The van der Waals surface area contributed by atoms with Crippen LogP contribution in [0.15, 0.2) is 24.3 Å². The van der Waals surface area contributed by atoms with Crippen LogP contribution in [0.1, 0.15) is 33.6 Å². The molecule has 0 aliphatic rings. The van der Waals surface area contributed by atoms with Crippen molar-refractivity contribution in [2.45, 2.75) is 39.7 Å². The smallest absolute Gasteiger partial charge is 0.0134 e. The van der Waals surface area contributed by atoms with Crippen LogP contribution in [0.25, 0.3) is 0 Å². The van der Waals surface area contributed by atoms with E-state index >= 15 is 0 Å². The fourth-order valence-corrected chi connectivity index (χ4v) is 1.01. The summed E-state index contributed by atoms with van der Waals surface area (Å²) in [5, 5.41) is 3.36.